The molecule has 0 saturated carbocycles. The minimum absolute atomic E-state index is 0.299. The van der Waals surface area contributed by atoms with E-state index in [9.17, 15) is 4.79 Å². The Bertz CT molecular complexity index is 336. The number of aromatic nitrogens is 1. The van der Waals surface area contributed by atoms with Gasteiger partial charge in [0.2, 0.25) is 0 Å². The number of rotatable bonds is 1. The summed E-state index contributed by atoms with van der Waals surface area (Å²) < 4.78 is 0. The van der Waals surface area contributed by atoms with Crippen LogP contribution in [0.2, 0.25) is 0 Å². The summed E-state index contributed by atoms with van der Waals surface area (Å²) in [6.07, 6.45) is 2.31. The number of hydrogen-bond donors (Lipinski definition) is 1. The molecule has 0 fully saturated rings. The van der Waals surface area contributed by atoms with E-state index in [0.717, 1.165) is 6.29 Å². The van der Waals surface area contributed by atoms with Gasteiger partial charge in [0.15, 0.2) is 0 Å². The van der Waals surface area contributed by atoms with Gasteiger partial charge in [0.25, 0.3) is 0 Å². The molecule has 12 heavy (non-hydrogen) atoms. The van der Waals surface area contributed by atoms with E-state index in [1.54, 1.807) is 18.3 Å². The van der Waals surface area contributed by atoms with Gasteiger partial charge < -0.3 is 5.73 Å². The molecular formula is C9H8N2O. The summed E-state index contributed by atoms with van der Waals surface area (Å²) in [6, 6.07) is 3.25. The molecule has 0 aliphatic carbocycles. The van der Waals surface area contributed by atoms with Gasteiger partial charge in [-0.25, -0.2) is 4.98 Å². The summed E-state index contributed by atoms with van der Waals surface area (Å²) in [4.78, 5) is 14.3. The number of nitrogens with zero attached hydrogens (tertiary/aromatic N) is 1. The van der Waals surface area contributed by atoms with Crippen molar-refractivity contribution in [2.75, 3.05) is 6.54 Å². The van der Waals surface area contributed by atoms with E-state index in [0.29, 0.717) is 17.8 Å². The highest BCUT2D eigenvalue weighted by Crippen LogP contribution is 1.96. The topological polar surface area (TPSA) is 56.0 Å². The van der Waals surface area contributed by atoms with E-state index < -0.39 is 0 Å². The van der Waals surface area contributed by atoms with Gasteiger partial charge in [-0.2, -0.15) is 0 Å². The number of aldehydes is 1. The zero-order chi connectivity index (χ0) is 8.81. The normalized spacial score (nSPS) is 8.42. The molecule has 1 aromatic heterocycles. The Balaban J connectivity index is 2.93. The second-order valence-electron chi connectivity index (χ2n) is 2.10. The first kappa shape index (κ1) is 8.44. The Kier molecular flexibility index (Phi) is 3.00. The lowest BCUT2D eigenvalue weighted by Crippen LogP contribution is -1.93. The van der Waals surface area contributed by atoms with Crippen molar-refractivity contribution in [3.8, 4) is 11.8 Å². The third-order valence-electron chi connectivity index (χ3n) is 1.24. The molecule has 0 aromatic carbocycles. The number of carbonyl (C=O) groups is 1. The lowest BCUT2D eigenvalue weighted by Gasteiger charge is -1.89. The van der Waals surface area contributed by atoms with Gasteiger partial charge >= 0.3 is 0 Å². The summed E-state index contributed by atoms with van der Waals surface area (Å²) in [7, 11) is 0. The van der Waals surface area contributed by atoms with Gasteiger partial charge in [-0.15, -0.1) is 0 Å². The van der Waals surface area contributed by atoms with Crippen LogP contribution in [0.3, 0.4) is 0 Å². The Morgan fingerprint density at radius 3 is 3.17 bits per heavy atom. The van der Waals surface area contributed by atoms with Gasteiger partial charge in [0.1, 0.15) is 12.0 Å². The predicted molar refractivity (Wildman–Crippen MR) is 45.6 cm³/mol. The number of nitrogens with two attached hydrogens (primary N) is 1. The molecule has 0 spiro atoms. The summed E-state index contributed by atoms with van der Waals surface area (Å²) in [5.74, 6) is 5.39. The predicted octanol–water partition coefficient (Wildman–Crippen LogP) is 0.204. The molecular weight excluding hydrogens is 152 g/mol. The smallest absolute Gasteiger partial charge is 0.150 e. The van der Waals surface area contributed by atoms with E-state index in [-0.39, 0.29) is 0 Å². The summed E-state index contributed by atoms with van der Waals surface area (Å²) in [6.45, 7) is 0.299. The fraction of sp³-hybridized carbons (Fsp3) is 0.111. The number of hydrogen-bond acceptors (Lipinski definition) is 3. The first-order chi connectivity index (χ1) is 5.86. The quantitative estimate of drug-likeness (QED) is 0.471. The lowest BCUT2D eigenvalue weighted by molar-refractivity contribution is 0.112. The van der Waals surface area contributed by atoms with Crippen molar-refractivity contribution in [3.05, 3.63) is 29.6 Å². The molecule has 1 heterocycles. The average molecular weight is 160 g/mol. The molecule has 0 saturated heterocycles. The van der Waals surface area contributed by atoms with Crippen LogP contribution in [0.4, 0.5) is 0 Å². The molecule has 0 aliphatic heterocycles. The van der Waals surface area contributed by atoms with Gasteiger partial charge in [0.05, 0.1) is 6.54 Å². The number of carbonyl (C=O) groups excluding carboxylic acids is 1. The van der Waals surface area contributed by atoms with Crippen molar-refractivity contribution in [1.82, 2.24) is 4.98 Å². The maximum absolute atomic E-state index is 10.3. The zero-order valence-corrected chi connectivity index (χ0v) is 6.45. The molecule has 60 valence electrons. The Morgan fingerprint density at radius 1 is 1.67 bits per heavy atom. The minimum Gasteiger partial charge on any atom is -0.320 e. The Labute approximate surface area is 70.6 Å². The van der Waals surface area contributed by atoms with Gasteiger partial charge in [-0.1, -0.05) is 5.92 Å². The molecule has 1 rings (SSSR count). The molecule has 3 heteroatoms. The summed E-state index contributed by atoms with van der Waals surface area (Å²) in [5.41, 5.74) is 6.33. The number of pyridine rings is 1. The van der Waals surface area contributed by atoms with Crippen molar-refractivity contribution in [2.24, 2.45) is 5.73 Å². The van der Waals surface area contributed by atoms with E-state index in [4.69, 9.17) is 5.73 Å². The summed E-state index contributed by atoms with van der Waals surface area (Å²) >= 11 is 0. The Hall–Kier alpha value is -1.66. The van der Waals surface area contributed by atoms with Gasteiger partial charge in [0, 0.05) is 11.8 Å². The lowest BCUT2D eigenvalue weighted by atomic mass is 10.2. The van der Waals surface area contributed by atoms with Crippen LogP contribution in [-0.2, 0) is 0 Å². The van der Waals surface area contributed by atoms with E-state index in [1.807, 2.05) is 0 Å². The monoisotopic (exact) mass is 160 g/mol. The van der Waals surface area contributed by atoms with Crippen molar-refractivity contribution >= 4 is 6.29 Å². The van der Waals surface area contributed by atoms with Crippen molar-refractivity contribution < 1.29 is 4.79 Å². The molecule has 1 aromatic rings. The molecule has 0 bridgehead atoms. The van der Waals surface area contributed by atoms with Crippen LogP contribution in [0, 0.1) is 11.8 Å². The maximum Gasteiger partial charge on any atom is 0.150 e. The molecule has 0 atom stereocenters. The standard InChI is InChI=1S/C9H8N2O/c10-4-1-2-9-6-8(7-12)3-5-11-9/h3,5-7H,4,10H2. The largest absolute Gasteiger partial charge is 0.320 e. The highest BCUT2D eigenvalue weighted by atomic mass is 16.1. The van der Waals surface area contributed by atoms with Crippen LogP contribution in [0.15, 0.2) is 18.3 Å². The average Bonchev–Trinajstić information content (AvgIpc) is 2.15. The van der Waals surface area contributed by atoms with E-state index in [2.05, 4.69) is 16.8 Å². The molecule has 0 aliphatic rings. The Morgan fingerprint density at radius 2 is 2.50 bits per heavy atom. The highest BCUT2D eigenvalue weighted by molar-refractivity contribution is 5.74. The zero-order valence-electron chi connectivity index (χ0n) is 6.45. The van der Waals surface area contributed by atoms with Crippen LogP contribution >= 0.6 is 0 Å². The van der Waals surface area contributed by atoms with Crippen molar-refractivity contribution in [3.63, 3.8) is 0 Å². The molecule has 0 amide bonds. The third kappa shape index (κ3) is 2.19. The maximum atomic E-state index is 10.3. The fourth-order valence-electron chi connectivity index (χ4n) is 0.730. The van der Waals surface area contributed by atoms with Crippen LogP contribution in [0.25, 0.3) is 0 Å². The molecule has 0 unspecified atom stereocenters. The molecule has 2 N–H and O–H groups in total. The minimum atomic E-state index is 0.299. The van der Waals surface area contributed by atoms with Crippen LogP contribution < -0.4 is 5.73 Å². The van der Waals surface area contributed by atoms with E-state index >= 15 is 0 Å². The highest BCUT2D eigenvalue weighted by Gasteiger charge is 1.90. The van der Waals surface area contributed by atoms with E-state index in [1.165, 1.54) is 0 Å². The van der Waals surface area contributed by atoms with Crippen LogP contribution in [0.5, 0.6) is 0 Å². The SMILES string of the molecule is NCC#Cc1cc(C=O)ccn1. The van der Waals surface area contributed by atoms with Crippen molar-refractivity contribution in [1.29, 1.82) is 0 Å². The summed E-state index contributed by atoms with van der Waals surface area (Å²) in [5, 5.41) is 0. The third-order valence-corrected chi connectivity index (χ3v) is 1.24. The second-order valence-corrected chi connectivity index (χ2v) is 2.10. The van der Waals surface area contributed by atoms with Crippen LogP contribution in [-0.4, -0.2) is 17.8 Å². The molecule has 3 nitrogen and oxygen atoms in total. The first-order valence-corrected chi connectivity index (χ1v) is 3.47. The second kappa shape index (κ2) is 4.27. The van der Waals surface area contributed by atoms with Crippen molar-refractivity contribution in [2.45, 2.75) is 0 Å². The fourth-order valence-corrected chi connectivity index (χ4v) is 0.730. The van der Waals surface area contributed by atoms with Gasteiger partial charge in [-0.3, -0.25) is 4.79 Å². The first-order valence-electron chi connectivity index (χ1n) is 3.47. The van der Waals surface area contributed by atoms with Gasteiger partial charge in [-0.05, 0) is 18.1 Å². The molecule has 0 radical (unpaired) electrons. The van der Waals surface area contributed by atoms with Crippen LogP contribution in [0.1, 0.15) is 16.1 Å².